The molecule has 0 aromatic rings. The van der Waals surface area contributed by atoms with Crippen molar-refractivity contribution in [2.24, 2.45) is 17.8 Å². The molecule has 7 atom stereocenters. The quantitative estimate of drug-likeness (QED) is 0.495. The van der Waals surface area contributed by atoms with Crippen LogP contribution >= 0.6 is 0 Å². The van der Waals surface area contributed by atoms with Crippen LogP contribution in [0.2, 0.25) is 0 Å². The average Bonchev–Trinajstić information content (AvgIpc) is 3.07. The lowest BCUT2D eigenvalue weighted by molar-refractivity contribution is -0.163. The molecule has 0 radical (unpaired) electrons. The molecule has 0 aromatic heterocycles. The van der Waals surface area contributed by atoms with Crippen LogP contribution in [0.15, 0.2) is 24.3 Å². The summed E-state index contributed by atoms with van der Waals surface area (Å²) in [6.07, 6.45) is 8.74. The van der Waals surface area contributed by atoms with Gasteiger partial charge in [-0.25, -0.2) is 0 Å². The minimum atomic E-state index is -1.31. The molecule has 2 fully saturated rings. The number of amides is 2. The van der Waals surface area contributed by atoms with Crippen LogP contribution in [-0.2, 0) is 23.9 Å². The van der Waals surface area contributed by atoms with E-state index in [-0.39, 0.29) is 37.0 Å². The Morgan fingerprint density at radius 3 is 2.48 bits per heavy atom. The Kier molecular flexibility index (Phi) is 6.20. The minimum absolute atomic E-state index is 0.0436. The highest BCUT2D eigenvalue weighted by Crippen LogP contribution is 2.57. The van der Waals surface area contributed by atoms with Crippen molar-refractivity contribution in [3.8, 4) is 0 Å². The number of nitrogens with zero attached hydrogens (tertiary/aromatic N) is 2. The molecule has 8 heteroatoms. The van der Waals surface area contributed by atoms with E-state index in [1.807, 2.05) is 52.0 Å². The second-order valence-electron chi connectivity index (χ2n) is 10.2. The van der Waals surface area contributed by atoms with E-state index >= 15 is 0 Å². The topological polar surface area (TPSA) is 96.4 Å². The highest BCUT2D eigenvalue weighted by Gasteiger charge is 2.75. The third-order valence-corrected chi connectivity index (χ3v) is 7.96. The Morgan fingerprint density at radius 1 is 1.12 bits per heavy atom. The number of hydrogen-bond acceptors (Lipinski definition) is 6. The molecule has 1 N–H and O–H groups in total. The Bertz CT molecular complexity index is 884. The summed E-state index contributed by atoms with van der Waals surface area (Å²) in [6.45, 7) is 9.98. The number of fused-ring (bicyclic) bond motifs is 2. The van der Waals surface area contributed by atoms with Crippen molar-refractivity contribution >= 4 is 17.8 Å². The molecule has 0 saturated carbocycles. The van der Waals surface area contributed by atoms with E-state index in [9.17, 15) is 19.5 Å². The van der Waals surface area contributed by atoms with E-state index in [1.165, 1.54) is 4.90 Å². The highest BCUT2D eigenvalue weighted by molar-refractivity contribution is 5.99. The van der Waals surface area contributed by atoms with Crippen LogP contribution in [0, 0.1) is 17.8 Å². The van der Waals surface area contributed by atoms with Crippen molar-refractivity contribution in [3.63, 3.8) is 0 Å². The fraction of sp³-hybridized carbons (Fsp3) is 0.720. The fourth-order valence-electron chi connectivity index (χ4n) is 6.08. The second-order valence-corrected chi connectivity index (χ2v) is 10.2. The van der Waals surface area contributed by atoms with Gasteiger partial charge in [0.25, 0.3) is 0 Å². The Morgan fingerprint density at radius 2 is 1.85 bits per heavy atom. The largest absolute Gasteiger partial charge is 0.465 e. The summed E-state index contributed by atoms with van der Waals surface area (Å²) < 4.78 is 12.2. The number of cyclic esters (lactones) is 1. The molecule has 2 saturated heterocycles. The number of hydrogen-bond donors (Lipinski definition) is 1. The van der Waals surface area contributed by atoms with Gasteiger partial charge in [0, 0.05) is 12.6 Å². The summed E-state index contributed by atoms with van der Waals surface area (Å²) >= 11 is 0. The maximum atomic E-state index is 14.1. The number of esters is 1. The van der Waals surface area contributed by atoms with Gasteiger partial charge in [0.05, 0.1) is 30.8 Å². The summed E-state index contributed by atoms with van der Waals surface area (Å²) in [5, 5.41) is 10.3. The van der Waals surface area contributed by atoms with Gasteiger partial charge in [-0.15, -0.1) is 0 Å². The predicted molar refractivity (Wildman–Crippen MR) is 121 cm³/mol. The Hall–Kier alpha value is -2.19. The van der Waals surface area contributed by atoms with Gasteiger partial charge in [0.2, 0.25) is 11.8 Å². The number of aliphatic hydroxyl groups is 1. The molecule has 0 aromatic carbocycles. The number of likely N-dealkylation sites (tertiary alicyclic amines) is 1. The molecule has 4 aliphatic rings. The molecule has 1 unspecified atom stereocenters. The monoisotopic (exact) mass is 460 g/mol. The van der Waals surface area contributed by atoms with Crippen LogP contribution in [0.3, 0.4) is 0 Å². The van der Waals surface area contributed by atoms with Gasteiger partial charge < -0.3 is 24.4 Å². The summed E-state index contributed by atoms with van der Waals surface area (Å²) in [5.74, 6) is -2.86. The standard InChI is InChI=1S/C25H36N2O6/c1-6-16(4)17(14-28)27-20-22(30)26(15(2)3)12-9-11-25(20)18(21(27)29)19-23(31)32-13-8-7-10-24(19,5)33-25/h7,9-11,15-20,28H,6,8,12-14H2,1-5H3/t16-,17-,18-,19+,20?,24-,25-/m0/s1. The van der Waals surface area contributed by atoms with Gasteiger partial charge in [-0.3, -0.25) is 14.4 Å². The number of rotatable bonds is 5. The predicted octanol–water partition coefficient (Wildman–Crippen LogP) is 1.67. The van der Waals surface area contributed by atoms with E-state index in [0.29, 0.717) is 13.0 Å². The first-order valence-electron chi connectivity index (χ1n) is 12.1. The van der Waals surface area contributed by atoms with Crippen molar-refractivity contribution in [2.75, 3.05) is 19.8 Å². The SMILES string of the molecule is CC[C@H](C)[C@H](CO)N1C(=O)[C@@H]2[C@@H]3C(=O)OCCC=C[C@]3(C)O[C@@]23C=CCN(C(C)C)C(=O)C13. The molecule has 8 nitrogen and oxygen atoms in total. The smallest absolute Gasteiger partial charge is 0.313 e. The lowest BCUT2D eigenvalue weighted by Crippen LogP contribution is -2.60. The normalized spacial score (nSPS) is 37.8. The van der Waals surface area contributed by atoms with Gasteiger partial charge >= 0.3 is 5.97 Å². The van der Waals surface area contributed by atoms with Crippen molar-refractivity contribution in [1.29, 1.82) is 0 Å². The van der Waals surface area contributed by atoms with E-state index in [4.69, 9.17) is 9.47 Å². The third-order valence-electron chi connectivity index (χ3n) is 7.96. The fourth-order valence-corrected chi connectivity index (χ4v) is 6.08. The summed E-state index contributed by atoms with van der Waals surface area (Å²) in [7, 11) is 0. The third kappa shape index (κ3) is 3.44. The molecule has 182 valence electrons. The Labute approximate surface area is 195 Å². The van der Waals surface area contributed by atoms with E-state index < -0.39 is 41.1 Å². The maximum absolute atomic E-state index is 14.1. The summed E-state index contributed by atoms with van der Waals surface area (Å²) in [5.41, 5.74) is -2.39. The number of ether oxygens (including phenoxy) is 2. The second kappa shape index (κ2) is 8.55. The van der Waals surface area contributed by atoms with E-state index in [0.717, 1.165) is 6.42 Å². The molecule has 2 amide bonds. The van der Waals surface area contributed by atoms with Crippen LogP contribution in [-0.4, -0.2) is 81.8 Å². The Balaban J connectivity index is 1.92. The molecule has 1 spiro atoms. The molecule has 0 aliphatic carbocycles. The van der Waals surface area contributed by atoms with Crippen molar-refractivity contribution in [1.82, 2.24) is 9.80 Å². The van der Waals surface area contributed by atoms with E-state index in [1.54, 1.807) is 11.8 Å². The highest BCUT2D eigenvalue weighted by atomic mass is 16.6. The van der Waals surface area contributed by atoms with Crippen LogP contribution < -0.4 is 0 Å². The molecule has 4 rings (SSSR count). The number of carbonyl (C=O) groups is 3. The van der Waals surface area contributed by atoms with Crippen LogP contribution in [0.5, 0.6) is 0 Å². The summed E-state index contributed by atoms with van der Waals surface area (Å²) in [4.78, 5) is 44.6. The van der Waals surface area contributed by atoms with Gasteiger partial charge in [-0.05, 0) is 33.1 Å². The zero-order valence-electron chi connectivity index (χ0n) is 20.2. The van der Waals surface area contributed by atoms with Crippen LogP contribution in [0.4, 0.5) is 0 Å². The zero-order chi connectivity index (χ0) is 24.1. The molecule has 0 bridgehead atoms. The van der Waals surface area contributed by atoms with Gasteiger partial charge in [0.1, 0.15) is 17.6 Å². The molecule has 4 heterocycles. The molecule has 4 aliphatic heterocycles. The lowest BCUT2D eigenvalue weighted by atomic mass is 9.74. The van der Waals surface area contributed by atoms with Crippen molar-refractivity contribution < 1.29 is 29.0 Å². The van der Waals surface area contributed by atoms with Gasteiger partial charge in [-0.2, -0.15) is 0 Å². The number of carbonyl (C=O) groups excluding carboxylic acids is 3. The first-order chi connectivity index (χ1) is 15.6. The van der Waals surface area contributed by atoms with Crippen molar-refractivity contribution in [2.45, 2.75) is 76.8 Å². The molecular weight excluding hydrogens is 424 g/mol. The van der Waals surface area contributed by atoms with Crippen LogP contribution in [0.1, 0.15) is 47.5 Å². The molecule has 33 heavy (non-hydrogen) atoms. The van der Waals surface area contributed by atoms with Gasteiger partial charge in [0.15, 0.2) is 0 Å². The molecular formula is C25H36N2O6. The first kappa shape index (κ1) is 24.0. The van der Waals surface area contributed by atoms with Crippen LogP contribution in [0.25, 0.3) is 0 Å². The first-order valence-corrected chi connectivity index (χ1v) is 12.1. The maximum Gasteiger partial charge on any atom is 0.313 e. The number of aliphatic hydroxyl groups excluding tert-OH is 1. The van der Waals surface area contributed by atoms with Gasteiger partial charge in [-0.1, -0.05) is 44.6 Å². The summed E-state index contributed by atoms with van der Waals surface area (Å²) in [6, 6.07) is -1.61. The average molecular weight is 461 g/mol. The lowest BCUT2D eigenvalue weighted by Gasteiger charge is -2.42. The zero-order valence-corrected chi connectivity index (χ0v) is 20.2. The van der Waals surface area contributed by atoms with Crippen molar-refractivity contribution in [3.05, 3.63) is 24.3 Å². The minimum Gasteiger partial charge on any atom is -0.465 e. The van der Waals surface area contributed by atoms with E-state index in [2.05, 4.69) is 0 Å².